The van der Waals surface area contributed by atoms with Crippen LogP contribution in [0.4, 0.5) is 0 Å². The fourth-order valence-corrected chi connectivity index (χ4v) is 2.71. The van der Waals surface area contributed by atoms with E-state index in [0.29, 0.717) is 12.3 Å². The molecule has 104 valence electrons. The number of nitrogens with zero attached hydrogens (tertiary/aromatic N) is 1. The van der Waals surface area contributed by atoms with Crippen LogP contribution in [0.25, 0.3) is 0 Å². The Hall–Kier alpha value is -1.43. The van der Waals surface area contributed by atoms with E-state index in [0.717, 1.165) is 22.4 Å². The summed E-state index contributed by atoms with van der Waals surface area (Å²) in [5, 5.41) is 0. The number of ether oxygens (including phenoxy) is 1. The highest BCUT2D eigenvalue weighted by molar-refractivity contribution is 14.1. The fourth-order valence-electron chi connectivity index (χ4n) is 2.01. The van der Waals surface area contributed by atoms with Crippen LogP contribution in [-0.4, -0.2) is 5.97 Å². The first kappa shape index (κ1) is 15.0. The van der Waals surface area contributed by atoms with Crippen LogP contribution >= 0.6 is 22.9 Å². The van der Waals surface area contributed by atoms with Gasteiger partial charge in [-0.05, 0) is 25.0 Å². The van der Waals surface area contributed by atoms with Gasteiger partial charge in [-0.3, -0.25) is 0 Å². The van der Waals surface area contributed by atoms with Gasteiger partial charge in [0.05, 0.1) is 0 Å². The Balaban J connectivity index is 2.22. The van der Waals surface area contributed by atoms with Crippen LogP contribution < -0.4 is 2.78 Å². The number of aryl methyl sites for hydroxylation is 2. The number of hydrogen-bond acceptors (Lipinski definition) is 2. The maximum Gasteiger partial charge on any atom is 0.405 e. The Morgan fingerprint density at radius 2 is 1.85 bits per heavy atom. The normalized spacial score (nSPS) is 10.4. The number of benzene rings is 1. The lowest BCUT2D eigenvalue weighted by Gasteiger charge is -2.07. The first-order valence-electron chi connectivity index (χ1n) is 6.40. The molecule has 0 aliphatic carbocycles. The van der Waals surface area contributed by atoms with E-state index in [1.807, 2.05) is 53.9 Å². The van der Waals surface area contributed by atoms with Crippen molar-refractivity contribution >= 4 is 28.8 Å². The fraction of sp³-hybridized carbons (Fsp3) is 0.250. The Morgan fingerprint density at radius 3 is 2.50 bits per heavy atom. The van der Waals surface area contributed by atoms with Gasteiger partial charge in [0.25, 0.3) is 0 Å². The SMILES string of the molecule is Cc1cc(C)[n+](I)c(C(=O)OCc2ccccc2)c1C. The molecular weight excluding hydrogens is 365 g/mol. The Kier molecular flexibility index (Phi) is 4.75. The largest absolute Gasteiger partial charge is 0.453 e. The molecule has 0 saturated heterocycles. The number of hydrogen-bond donors (Lipinski definition) is 0. The molecular formula is C16H17INO2+. The molecule has 0 atom stereocenters. The molecule has 1 heterocycles. The molecule has 1 aromatic heterocycles. The van der Waals surface area contributed by atoms with Crippen LogP contribution in [-0.2, 0) is 11.3 Å². The second-order valence-electron chi connectivity index (χ2n) is 4.78. The lowest BCUT2D eigenvalue weighted by atomic mass is 10.1. The number of carbonyl (C=O) groups excluding carboxylic acids is 1. The molecule has 0 aliphatic rings. The van der Waals surface area contributed by atoms with Crippen LogP contribution in [0, 0.1) is 20.8 Å². The molecule has 2 rings (SSSR count). The van der Waals surface area contributed by atoms with Gasteiger partial charge in [-0.15, -0.1) is 2.78 Å². The van der Waals surface area contributed by atoms with E-state index in [2.05, 4.69) is 28.9 Å². The summed E-state index contributed by atoms with van der Waals surface area (Å²) < 4.78 is 7.28. The van der Waals surface area contributed by atoms with Gasteiger partial charge in [0.1, 0.15) is 6.61 Å². The summed E-state index contributed by atoms with van der Waals surface area (Å²) in [5.41, 5.74) is 4.69. The predicted molar refractivity (Wildman–Crippen MR) is 85.8 cm³/mol. The second kappa shape index (κ2) is 6.35. The second-order valence-corrected chi connectivity index (χ2v) is 5.75. The Labute approximate surface area is 133 Å². The van der Waals surface area contributed by atoms with Gasteiger partial charge in [0.2, 0.25) is 0 Å². The number of esters is 1. The average molecular weight is 382 g/mol. The van der Waals surface area contributed by atoms with Gasteiger partial charge in [-0.25, -0.2) is 4.79 Å². The number of carbonyl (C=O) groups is 1. The topological polar surface area (TPSA) is 30.2 Å². The summed E-state index contributed by atoms with van der Waals surface area (Å²) in [5.74, 6) is -0.285. The quantitative estimate of drug-likeness (QED) is 0.601. The standard InChI is InChI=1S/C16H17INO2/c1-11-9-12(2)18(17)15(13(11)3)16(19)20-10-14-7-5-4-6-8-14/h4-9H,10H2,1-3H3/q+1. The predicted octanol–water partition coefficient (Wildman–Crippen LogP) is 3.45. The highest BCUT2D eigenvalue weighted by Crippen LogP contribution is 2.14. The third-order valence-electron chi connectivity index (χ3n) is 3.28. The van der Waals surface area contributed by atoms with Crippen molar-refractivity contribution in [1.29, 1.82) is 0 Å². The summed E-state index contributed by atoms with van der Waals surface area (Å²) >= 11 is 2.13. The van der Waals surface area contributed by atoms with Crippen molar-refractivity contribution in [1.82, 2.24) is 0 Å². The van der Waals surface area contributed by atoms with Crippen molar-refractivity contribution in [3.05, 3.63) is 64.5 Å². The number of rotatable bonds is 3. The first-order chi connectivity index (χ1) is 9.50. The molecule has 0 unspecified atom stereocenters. The van der Waals surface area contributed by atoms with Crippen molar-refractivity contribution < 1.29 is 12.3 Å². The molecule has 0 spiro atoms. The van der Waals surface area contributed by atoms with Crippen molar-refractivity contribution in [3.8, 4) is 0 Å². The Bertz CT molecular complexity index is 612. The maximum absolute atomic E-state index is 12.3. The zero-order chi connectivity index (χ0) is 14.7. The van der Waals surface area contributed by atoms with Crippen LogP contribution in [0.15, 0.2) is 36.4 Å². The minimum Gasteiger partial charge on any atom is -0.453 e. The zero-order valence-corrected chi connectivity index (χ0v) is 14.0. The number of pyridine rings is 1. The monoisotopic (exact) mass is 382 g/mol. The van der Waals surface area contributed by atoms with Gasteiger partial charge in [-0.1, -0.05) is 30.3 Å². The number of aromatic nitrogens is 1. The lowest BCUT2D eigenvalue weighted by Crippen LogP contribution is -2.35. The molecule has 4 heteroatoms. The lowest BCUT2D eigenvalue weighted by molar-refractivity contribution is -0.454. The summed E-state index contributed by atoms with van der Waals surface area (Å²) in [6.45, 7) is 6.23. The van der Waals surface area contributed by atoms with Crippen molar-refractivity contribution in [2.24, 2.45) is 0 Å². The molecule has 1 aromatic carbocycles. The van der Waals surface area contributed by atoms with E-state index in [-0.39, 0.29) is 5.97 Å². The van der Waals surface area contributed by atoms with E-state index in [9.17, 15) is 4.79 Å². The van der Waals surface area contributed by atoms with E-state index in [1.54, 1.807) is 0 Å². The minimum absolute atomic E-state index is 0.285. The Morgan fingerprint density at radius 1 is 1.20 bits per heavy atom. The van der Waals surface area contributed by atoms with E-state index < -0.39 is 0 Å². The molecule has 3 nitrogen and oxygen atoms in total. The molecule has 0 amide bonds. The van der Waals surface area contributed by atoms with Crippen LogP contribution in [0.2, 0.25) is 0 Å². The number of halogens is 1. The van der Waals surface area contributed by atoms with Crippen molar-refractivity contribution in [3.63, 3.8) is 0 Å². The average Bonchev–Trinajstić information content (AvgIpc) is 2.44. The third kappa shape index (κ3) is 3.17. The maximum atomic E-state index is 12.3. The van der Waals surface area contributed by atoms with Gasteiger partial charge in [0.15, 0.2) is 5.69 Å². The van der Waals surface area contributed by atoms with E-state index in [4.69, 9.17) is 4.74 Å². The van der Waals surface area contributed by atoms with Crippen LogP contribution in [0.3, 0.4) is 0 Å². The molecule has 0 radical (unpaired) electrons. The van der Waals surface area contributed by atoms with E-state index >= 15 is 0 Å². The van der Waals surface area contributed by atoms with Crippen LogP contribution in [0.1, 0.15) is 32.9 Å². The highest BCUT2D eigenvalue weighted by Gasteiger charge is 2.26. The molecule has 0 bridgehead atoms. The van der Waals surface area contributed by atoms with Crippen molar-refractivity contribution in [2.45, 2.75) is 27.4 Å². The smallest absolute Gasteiger partial charge is 0.405 e. The summed E-state index contributed by atoms with van der Waals surface area (Å²) in [4.78, 5) is 12.3. The summed E-state index contributed by atoms with van der Waals surface area (Å²) in [6.07, 6.45) is 0. The summed E-state index contributed by atoms with van der Waals surface area (Å²) in [6, 6.07) is 11.8. The molecule has 0 saturated carbocycles. The minimum atomic E-state index is -0.285. The molecule has 0 aliphatic heterocycles. The molecule has 0 fully saturated rings. The van der Waals surface area contributed by atoms with Crippen molar-refractivity contribution in [2.75, 3.05) is 0 Å². The van der Waals surface area contributed by atoms with Crippen LogP contribution in [0.5, 0.6) is 0 Å². The van der Waals surface area contributed by atoms with Gasteiger partial charge >= 0.3 is 34.5 Å². The summed E-state index contributed by atoms with van der Waals surface area (Å²) in [7, 11) is 0. The third-order valence-corrected chi connectivity index (χ3v) is 4.53. The zero-order valence-electron chi connectivity index (χ0n) is 11.8. The van der Waals surface area contributed by atoms with E-state index in [1.165, 1.54) is 0 Å². The molecule has 20 heavy (non-hydrogen) atoms. The molecule has 0 N–H and O–H groups in total. The highest BCUT2D eigenvalue weighted by atomic mass is 127. The van der Waals surface area contributed by atoms with Gasteiger partial charge in [-0.2, -0.15) is 0 Å². The first-order valence-corrected chi connectivity index (χ1v) is 7.37. The van der Waals surface area contributed by atoms with Gasteiger partial charge in [0, 0.05) is 18.6 Å². The molecule has 2 aromatic rings. The van der Waals surface area contributed by atoms with Gasteiger partial charge < -0.3 is 4.74 Å².